The molecule has 1 N–H and O–H groups in total. The maximum absolute atomic E-state index is 8.75. The highest BCUT2D eigenvalue weighted by molar-refractivity contribution is 5.86. The summed E-state index contributed by atoms with van der Waals surface area (Å²) in [6.45, 7) is 2.60. The molecule has 2 aromatic rings. The minimum Gasteiger partial charge on any atom is -0.396 e. The maximum atomic E-state index is 8.75. The first kappa shape index (κ1) is 18.0. The summed E-state index contributed by atoms with van der Waals surface area (Å²) in [5, 5.41) is 11.6. The van der Waals surface area contributed by atoms with Gasteiger partial charge in [-0.25, -0.2) is 0 Å². The van der Waals surface area contributed by atoms with Crippen molar-refractivity contribution in [2.24, 2.45) is 0 Å². The van der Waals surface area contributed by atoms with Crippen LogP contribution in [0.2, 0.25) is 0 Å². The van der Waals surface area contributed by atoms with Crippen molar-refractivity contribution in [3.8, 4) is 0 Å². The minimum absolute atomic E-state index is 0.355. The first-order valence-electron chi connectivity index (χ1n) is 9.41. The van der Waals surface area contributed by atoms with Crippen LogP contribution in [0.15, 0.2) is 36.4 Å². The average Bonchev–Trinajstić information content (AvgIpc) is 2.58. The summed E-state index contributed by atoms with van der Waals surface area (Å²) >= 11 is 0. The van der Waals surface area contributed by atoms with Crippen LogP contribution in [0.25, 0.3) is 10.8 Å². The van der Waals surface area contributed by atoms with Crippen molar-refractivity contribution in [2.45, 2.75) is 71.1 Å². The molecule has 2 rings (SSSR count). The lowest BCUT2D eigenvalue weighted by molar-refractivity contribution is 0.282. The second-order valence-electron chi connectivity index (χ2n) is 6.74. The third kappa shape index (κ3) is 5.99. The first-order valence-corrected chi connectivity index (χ1v) is 9.41. The lowest BCUT2D eigenvalue weighted by Gasteiger charge is -2.10. The average molecular weight is 312 g/mol. The van der Waals surface area contributed by atoms with Gasteiger partial charge < -0.3 is 5.11 Å². The van der Waals surface area contributed by atoms with E-state index >= 15 is 0 Å². The molecule has 1 nitrogen and oxygen atoms in total. The third-order valence-corrected chi connectivity index (χ3v) is 4.86. The molecule has 0 aliphatic carbocycles. The lowest BCUT2D eigenvalue weighted by atomic mass is 9.95. The van der Waals surface area contributed by atoms with Crippen molar-refractivity contribution in [3.63, 3.8) is 0 Å². The van der Waals surface area contributed by atoms with Gasteiger partial charge in [-0.15, -0.1) is 0 Å². The Balaban J connectivity index is 1.66. The molecule has 0 heterocycles. The van der Waals surface area contributed by atoms with Gasteiger partial charge in [0, 0.05) is 6.61 Å². The van der Waals surface area contributed by atoms with Crippen LogP contribution in [0, 0.1) is 6.92 Å². The van der Waals surface area contributed by atoms with E-state index in [4.69, 9.17) is 5.11 Å². The van der Waals surface area contributed by atoms with E-state index in [9.17, 15) is 0 Å². The quantitative estimate of drug-likeness (QED) is 0.490. The van der Waals surface area contributed by atoms with E-state index < -0.39 is 0 Å². The van der Waals surface area contributed by atoms with Crippen molar-refractivity contribution in [3.05, 3.63) is 47.5 Å². The number of hydrogen-bond acceptors (Lipinski definition) is 1. The largest absolute Gasteiger partial charge is 0.396 e. The molecule has 0 aliphatic rings. The molecule has 0 saturated carbocycles. The second kappa shape index (κ2) is 10.4. The van der Waals surface area contributed by atoms with E-state index in [0.717, 1.165) is 6.42 Å². The zero-order valence-electron chi connectivity index (χ0n) is 14.7. The molecular weight excluding hydrogens is 280 g/mol. The van der Waals surface area contributed by atoms with E-state index in [0.29, 0.717) is 6.61 Å². The van der Waals surface area contributed by atoms with Crippen LogP contribution in [0.3, 0.4) is 0 Å². The van der Waals surface area contributed by atoms with E-state index in [1.54, 1.807) is 5.56 Å². The number of aliphatic hydroxyl groups excluding tert-OH is 1. The van der Waals surface area contributed by atoms with Crippen molar-refractivity contribution in [2.75, 3.05) is 6.61 Å². The van der Waals surface area contributed by atoms with Gasteiger partial charge in [0.25, 0.3) is 0 Å². The summed E-state index contributed by atoms with van der Waals surface area (Å²) in [6, 6.07) is 13.3. The molecule has 0 fully saturated rings. The molecular formula is C22H32O. The van der Waals surface area contributed by atoms with Crippen molar-refractivity contribution < 1.29 is 5.11 Å². The van der Waals surface area contributed by atoms with Gasteiger partial charge in [0.2, 0.25) is 0 Å². The van der Waals surface area contributed by atoms with E-state index in [-0.39, 0.29) is 0 Å². The summed E-state index contributed by atoms with van der Waals surface area (Å²) in [5.41, 5.74) is 2.99. The van der Waals surface area contributed by atoms with Crippen LogP contribution >= 0.6 is 0 Å². The Bertz CT molecular complexity index is 573. The SMILES string of the molecule is Cc1ccc2ccccc2c1CCCCCCCCCCCO. The second-order valence-corrected chi connectivity index (χ2v) is 6.74. The standard InChI is InChI=1S/C22H32O/c1-19-16-17-20-13-10-11-15-22(20)21(19)14-9-7-5-3-2-4-6-8-12-18-23/h10-11,13,15-17,23H,2-9,12,14,18H2,1H3. The van der Waals surface area contributed by atoms with E-state index in [1.807, 2.05) is 0 Å². The Labute approximate surface area is 141 Å². The van der Waals surface area contributed by atoms with Crippen LogP contribution in [0.4, 0.5) is 0 Å². The number of aliphatic hydroxyl groups is 1. The molecule has 0 aliphatic heterocycles. The van der Waals surface area contributed by atoms with Crippen LogP contribution in [0.5, 0.6) is 0 Å². The predicted molar refractivity (Wildman–Crippen MR) is 101 cm³/mol. The van der Waals surface area contributed by atoms with Gasteiger partial charge >= 0.3 is 0 Å². The van der Waals surface area contributed by atoms with Gasteiger partial charge in [-0.05, 0) is 48.1 Å². The smallest absolute Gasteiger partial charge is 0.0431 e. The number of fused-ring (bicyclic) bond motifs is 1. The number of rotatable bonds is 11. The molecule has 1 heteroatoms. The van der Waals surface area contributed by atoms with Gasteiger partial charge in [0.15, 0.2) is 0 Å². The number of benzene rings is 2. The Kier molecular flexibility index (Phi) is 8.17. The third-order valence-electron chi connectivity index (χ3n) is 4.86. The van der Waals surface area contributed by atoms with Crippen LogP contribution < -0.4 is 0 Å². The number of aryl methyl sites for hydroxylation is 2. The van der Waals surface area contributed by atoms with Gasteiger partial charge in [-0.1, -0.05) is 81.3 Å². The molecule has 0 atom stereocenters. The van der Waals surface area contributed by atoms with Crippen LogP contribution in [-0.2, 0) is 6.42 Å². The highest BCUT2D eigenvalue weighted by atomic mass is 16.2. The lowest BCUT2D eigenvalue weighted by Crippen LogP contribution is -1.92. The monoisotopic (exact) mass is 312 g/mol. The summed E-state index contributed by atoms with van der Waals surface area (Å²) in [4.78, 5) is 0. The molecule has 0 unspecified atom stereocenters. The molecule has 2 aromatic carbocycles. The van der Waals surface area contributed by atoms with E-state index in [1.165, 1.54) is 74.1 Å². The highest BCUT2D eigenvalue weighted by Gasteiger charge is 2.04. The molecule has 0 spiro atoms. The summed E-state index contributed by atoms with van der Waals surface area (Å²) in [5.74, 6) is 0. The molecule has 0 saturated heterocycles. The zero-order chi connectivity index (χ0) is 16.3. The van der Waals surface area contributed by atoms with E-state index in [2.05, 4.69) is 43.3 Å². The van der Waals surface area contributed by atoms with Gasteiger partial charge in [0.1, 0.15) is 0 Å². The number of unbranched alkanes of at least 4 members (excludes halogenated alkanes) is 8. The topological polar surface area (TPSA) is 20.2 Å². The van der Waals surface area contributed by atoms with Crippen LogP contribution in [-0.4, -0.2) is 11.7 Å². The summed E-state index contributed by atoms with van der Waals surface area (Å²) in [7, 11) is 0. The Morgan fingerprint density at radius 2 is 1.30 bits per heavy atom. The van der Waals surface area contributed by atoms with Crippen LogP contribution in [0.1, 0.15) is 68.9 Å². The fourth-order valence-electron chi connectivity index (χ4n) is 3.43. The minimum atomic E-state index is 0.355. The Morgan fingerprint density at radius 1 is 0.696 bits per heavy atom. The Morgan fingerprint density at radius 3 is 2.00 bits per heavy atom. The van der Waals surface area contributed by atoms with Gasteiger partial charge in [0.05, 0.1) is 0 Å². The van der Waals surface area contributed by atoms with Crippen molar-refractivity contribution >= 4 is 10.8 Å². The van der Waals surface area contributed by atoms with Crippen molar-refractivity contribution in [1.82, 2.24) is 0 Å². The highest BCUT2D eigenvalue weighted by Crippen LogP contribution is 2.24. The normalized spacial score (nSPS) is 11.2. The van der Waals surface area contributed by atoms with Gasteiger partial charge in [-0.3, -0.25) is 0 Å². The summed E-state index contributed by atoms with van der Waals surface area (Å²) in [6.07, 6.45) is 12.7. The van der Waals surface area contributed by atoms with Gasteiger partial charge in [-0.2, -0.15) is 0 Å². The summed E-state index contributed by atoms with van der Waals surface area (Å²) < 4.78 is 0. The predicted octanol–water partition coefficient (Wildman–Crippen LogP) is 6.19. The first-order chi connectivity index (χ1) is 11.3. The van der Waals surface area contributed by atoms with Crippen molar-refractivity contribution in [1.29, 1.82) is 0 Å². The Hall–Kier alpha value is -1.34. The molecule has 0 radical (unpaired) electrons. The fraction of sp³-hybridized carbons (Fsp3) is 0.545. The molecule has 0 amide bonds. The fourth-order valence-corrected chi connectivity index (χ4v) is 3.43. The molecule has 0 bridgehead atoms. The molecule has 23 heavy (non-hydrogen) atoms. The maximum Gasteiger partial charge on any atom is 0.0431 e. The molecule has 0 aromatic heterocycles. The number of hydrogen-bond donors (Lipinski definition) is 1. The zero-order valence-corrected chi connectivity index (χ0v) is 14.7. The molecule has 126 valence electrons.